The Bertz CT molecular complexity index is 459. The van der Waals surface area contributed by atoms with Crippen molar-refractivity contribution in [2.75, 3.05) is 6.54 Å². The number of hydrogen-bond donors (Lipinski definition) is 1. The van der Waals surface area contributed by atoms with E-state index in [2.05, 4.69) is 15.3 Å². The van der Waals surface area contributed by atoms with E-state index in [1.165, 1.54) is 12.3 Å². The topological polar surface area (TPSA) is 37.8 Å². The van der Waals surface area contributed by atoms with Crippen LogP contribution in [0, 0.1) is 5.82 Å². The third-order valence-electron chi connectivity index (χ3n) is 2.54. The molecule has 0 aliphatic carbocycles. The maximum Gasteiger partial charge on any atom is 0.141 e. The summed E-state index contributed by atoms with van der Waals surface area (Å²) in [6.07, 6.45) is 3.78. The molecule has 0 aromatic carbocycles. The van der Waals surface area contributed by atoms with Gasteiger partial charge in [-0.1, -0.05) is 0 Å². The molecule has 0 radical (unpaired) electrons. The lowest BCUT2D eigenvalue weighted by Crippen LogP contribution is -2.21. The Morgan fingerprint density at radius 2 is 2.35 bits per heavy atom. The van der Waals surface area contributed by atoms with Gasteiger partial charge in [0.05, 0.1) is 17.4 Å². The van der Waals surface area contributed by atoms with Crippen molar-refractivity contribution in [2.45, 2.75) is 19.4 Å². The Balaban J connectivity index is 1.83. The van der Waals surface area contributed by atoms with Crippen molar-refractivity contribution in [2.24, 2.45) is 0 Å². The molecule has 0 bridgehead atoms. The molecule has 90 valence electrons. The van der Waals surface area contributed by atoms with Crippen molar-refractivity contribution < 1.29 is 4.39 Å². The first kappa shape index (κ1) is 12.1. The highest BCUT2D eigenvalue weighted by Gasteiger charge is 2.06. The molecular weight excluding hydrogens is 237 g/mol. The van der Waals surface area contributed by atoms with E-state index in [-0.39, 0.29) is 11.9 Å². The van der Waals surface area contributed by atoms with E-state index >= 15 is 0 Å². The van der Waals surface area contributed by atoms with Crippen LogP contribution in [-0.2, 0) is 6.42 Å². The van der Waals surface area contributed by atoms with E-state index in [9.17, 15) is 4.39 Å². The summed E-state index contributed by atoms with van der Waals surface area (Å²) in [7, 11) is 0. The van der Waals surface area contributed by atoms with E-state index in [0.29, 0.717) is 0 Å². The number of hydrogen-bond acceptors (Lipinski definition) is 4. The molecule has 0 fully saturated rings. The Labute approximate surface area is 104 Å². The van der Waals surface area contributed by atoms with E-state index in [1.54, 1.807) is 17.5 Å². The molecule has 2 aromatic rings. The van der Waals surface area contributed by atoms with Crippen LogP contribution in [0.2, 0.25) is 0 Å². The average Bonchev–Trinajstić information content (AvgIpc) is 2.82. The molecule has 0 saturated carbocycles. The smallest absolute Gasteiger partial charge is 0.141 e. The van der Waals surface area contributed by atoms with Gasteiger partial charge >= 0.3 is 0 Å². The summed E-state index contributed by atoms with van der Waals surface area (Å²) in [5.74, 6) is -0.296. The second-order valence-corrected chi connectivity index (χ2v) is 4.56. The Hall–Kier alpha value is -1.33. The van der Waals surface area contributed by atoms with Gasteiger partial charge in [0, 0.05) is 30.6 Å². The molecule has 0 aliphatic heterocycles. The second kappa shape index (κ2) is 5.84. The summed E-state index contributed by atoms with van der Waals surface area (Å²) in [6.45, 7) is 2.82. The van der Waals surface area contributed by atoms with Gasteiger partial charge in [0.2, 0.25) is 0 Å². The van der Waals surface area contributed by atoms with E-state index in [4.69, 9.17) is 0 Å². The maximum atomic E-state index is 13.0. The van der Waals surface area contributed by atoms with Crippen LogP contribution >= 0.6 is 11.3 Å². The molecule has 1 N–H and O–H groups in total. The van der Waals surface area contributed by atoms with Crippen LogP contribution in [0.25, 0.3) is 0 Å². The summed E-state index contributed by atoms with van der Waals surface area (Å²) in [4.78, 5) is 8.04. The largest absolute Gasteiger partial charge is 0.310 e. The molecule has 0 saturated heterocycles. The van der Waals surface area contributed by atoms with Gasteiger partial charge in [-0.05, 0) is 18.6 Å². The zero-order chi connectivity index (χ0) is 12.1. The minimum atomic E-state index is -0.296. The van der Waals surface area contributed by atoms with E-state index in [0.717, 1.165) is 24.2 Å². The molecule has 2 heterocycles. The lowest BCUT2D eigenvalue weighted by atomic mass is 10.1. The highest BCUT2D eigenvalue weighted by Crippen LogP contribution is 2.11. The normalized spacial score (nSPS) is 12.6. The SMILES string of the molecule is CC(NCCc1cscn1)c1cncc(F)c1. The van der Waals surface area contributed by atoms with Gasteiger partial charge in [-0.2, -0.15) is 0 Å². The fourth-order valence-electron chi connectivity index (χ4n) is 1.56. The predicted molar refractivity (Wildman–Crippen MR) is 66.4 cm³/mol. The number of rotatable bonds is 5. The monoisotopic (exact) mass is 251 g/mol. The van der Waals surface area contributed by atoms with Crippen LogP contribution in [0.3, 0.4) is 0 Å². The lowest BCUT2D eigenvalue weighted by molar-refractivity contribution is 0.561. The molecule has 3 nitrogen and oxygen atoms in total. The van der Waals surface area contributed by atoms with Crippen LogP contribution in [0.1, 0.15) is 24.2 Å². The maximum absolute atomic E-state index is 13.0. The molecule has 17 heavy (non-hydrogen) atoms. The van der Waals surface area contributed by atoms with Crippen molar-refractivity contribution >= 4 is 11.3 Å². The number of halogens is 1. The Morgan fingerprint density at radius 3 is 3.06 bits per heavy atom. The fraction of sp³-hybridized carbons (Fsp3) is 0.333. The zero-order valence-corrected chi connectivity index (χ0v) is 10.4. The summed E-state index contributed by atoms with van der Waals surface area (Å²) < 4.78 is 13.0. The number of aromatic nitrogens is 2. The standard InChI is InChI=1S/C12H14FN3S/c1-9(10-4-11(13)6-14-5-10)15-3-2-12-7-17-8-16-12/h4-9,15H,2-3H2,1H3. The van der Waals surface area contributed by atoms with Gasteiger partial charge in [0.25, 0.3) is 0 Å². The van der Waals surface area contributed by atoms with Crippen LogP contribution < -0.4 is 5.32 Å². The molecule has 0 spiro atoms. The Kier molecular flexibility index (Phi) is 4.17. The van der Waals surface area contributed by atoms with Gasteiger partial charge in [-0.15, -0.1) is 11.3 Å². The van der Waals surface area contributed by atoms with Crippen LogP contribution in [-0.4, -0.2) is 16.5 Å². The molecule has 2 aromatic heterocycles. The lowest BCUT2D eigenvalue weighted by Gasteiger charge is -2.13. The van der Waals surface area contributed by atoms with Crippen LogP contribution in [0.15, 0.2) is 29.4 Å². The van der Waals surface area contributed by atoms with E-state index in [1.807, 2.05) is 17.8 Å². The van der Waals surface area contributed by atoms with Gasteiger partial charge < -0.3 is 5.32 Å². The van der Waals surface area contributed by atoms with Crippen molar-refractivity contribution in [3.8, 4) is 0 Å². The third kappa shape index (κ3) is 3.57. The molecule has 1 atom stereocenters. The molecule has 1 unspecified atom stereocenters. The number of thiazole rings is 1. The number of nitrogens with zero attached hydrogens (tertiary/aromatic N) is 2. The van der Waals surface area contributed by atoms with Gasteiger partial charge in [0.15, 0.2) is 0 Å². The first-order chi connectivity index (χ1) is 8.25. The van der Waals surface area contributed by atoms with Gasteiger partial charge in [0.1, 0.15) is 5.82 Å². The molecule has 0 amide bonds. The predicted octanol–water partition coefficient (Wildman–Crippen LogP) is 2.57. The number of pyridine rings is 1. The molecule has 2 rings (SSSR count). The summed E-state index contributed by atoms with van der Waals surface area (Å²) in [6, 6.07) is 1.60. The zero-order valence-electron chi connectivity index (χ0n) is 9.56. The van der Waals surface area contributed by atoms with Crippen molar-refractivity contribution in [3.05, 3.63) is 46.4 Å². The molecule has 5 heteroatoms. The Morgan fingerprint density at radius 1 is 1.47 bits per heavy atom. The summed E-state index contributed by atoms with van der Waals surface area (Å²) in [5, 5.41) is 5.36. The van der Waals surface area contributed by atoms with Gasteiger partial charge in [-0.25, -0.2) is 9.37 Å². The van der Waals surface area contributed by atoms with Crippen molar-refractivity contribution in [3.63, 3.8) is 0 Å². The van der Waals surface area contributed by atoms with Crippen molar-refractivity contribution in [1.82, 2.24) is 15.3 Å². The summed E-state index contributed by atoms with van der Waals surface area (Å²) in [5.41, 5.74) is 3.78. The minimum absolute atomic E-state index is 0.0943. The molecular formula is C12H14FN3S. The first-order valence-electron chi connectivity index (χ1n) is 5.46. The minimum Gasteiger partial charge on any atom is -0.310 e. The highest BCUT2D eigenvalue weighted by atomic mass is 32.1. The highest BCUT2D eigenvalue weighted by molar-refractivity contribution is 7.07. The molecule has 0 aliphatic rings. The quantitative estimate of drug-likeness (QED) is 0.887. The second-order valence-electron chi connectivity index (χ2n) is 3.84. The fourth-order valence-corrected chi connectivity index (χ4v) is 2.15. The van der Waals surface area contributed by atoms with Crippen molar-refractivity contribution in [1.29, 1.82) is 0 Å². The average molecular weight is 251 g/mol. The van der Waals surface area contributed by atoms with Crippen LogP contribution in [0.5, 0.6) is 0 Å². The number of nitrogens with one attached hydrogen (secondary N) is 1. The van der Waals surface area contributed by atoms with E-state index < -0.39 is 0 Å². The van der Waals surface area contributed by atoms with Crippen LogP contribution in [0.4, 0.5) is 4.39 Å². The first-order valence-corrected chi connectivity index (χ1v) is 6.41. The van der Waals surface area contributed by atoms with Gasteiger partial charge in [-0.3, -0.25) is 4.98 Å². The third-order valence-corrected chi connectivity index (χ3v) is 3.18. The summed E-state index contributed by atoms with van der Waals surface area (Å²) >= 11 is 1.60.